The van der Waals surface area contributed by atoms with Gasteiger partial charge in [-0.3, -0.25) is 4.98 Å². The Labute approximate surface area is 88.7 Å². The Kier molecular flexibility index (Phi) is 3.53. The molecule has 0 saturated heterocycles. The van der Waals surface area contributed by atoms with Crippen molar-refractivity contribution in [1.29, 1.82) is 5.26 Å². The zero-order chi connectivity index (χ0) is 10.7. The summed E-state index contributed by atoms with van der Waals surface area (Å²) in [7, 11) is 0. The minimum absolute atomic E-state index is 0.138. The standard InChI is InChI=1S/C9H7BrF2N2/c1-5-8(9(11)12)7(2-10)6(3-13)4-14-5/h4,9H,2H2,1H3. The molecule has 5 heteroatoms. The number of halogens is 3. The third kappa shape index (κ3) is 1.90. The third-order valence-corrected chi connectivity index (χ3v) is 2.46. The molecule has 0 bridgehead atoms. The lowest BCUT2D eigenvalue weighted by molar-refractivity contribution is 0.149. The van der Waals surface area contributed by atoms with Crippen molar-refractivity contribution < 1.29 is 8.78 Å². The van der Waals surface area contributed by atoms with Crippen molar-refractivity contribution >= 4 is 15.9 Å². The van der Waals surface area contributed by atoms with Gasteiger partial charge in [-0.15, -0.1) is 0 Å². The van der Waals surface area contributed by atoms with Crippen LogP contribution in [0.3, 0.4) is 0 Å². The van der Waals surface area contributed by atoms with Gasteiger partial charge in [0, 0.05) is 22.8 Å². The topological polar surface area (TPSA) is 36.7 Å². The van der Waals surface area contributed by atoms with E-state index in [1.165, 1.54) is 13.1 Å². The maximum Gasteiger partial charge on any atom is 0.265 e. The zero-order valence-corrected chi connectivity index (χ0v) is 8.98. The number of aryl methyl sites for hydroxylation is 1. The quantitative estimate of drug-likeness (QED) is 0.767. The van der Waals surface area contributed by atoms with Crippen molar-refractivity contribution in [3.63, 3.8) is 0 Å². The Balaban J connectivity index is 3.45. The first-order chi connectivity index (χ1) is 6.61. The summed E-state index contributed by atoms with van der Waals surface area (Å²) in [5.74, 6) is 0. The molecule has 0 aliphatic carbocycles. The molecule has 0 aromatic carbocycles. The molecule has 1 aromatic heterocycles. The van der Waals surface area contributed by atoms with Gasteiger partial charge in [-0.25, -0.2) is 8.78 Å². The number of nitriles is 1. The second-order valence-corrected chi connectivity index (χ2v) is 3.26. The smallest absolute Gasteiger partial charge is 0.260 e. The van der Waals surface area contributed by atoms with Gasteiger partial charge >= 0.3 is 0 Å². The molecule has 0 saturated carbocycles. The maximum absolute atomic E-state index is 12.6. The van der Waals surface area contributed by atoms with Crippen LogP contribution >= 0.6 is 15.9 Å². The van der Waals surface area contributed by atoms with Crippen molar-refractivity contribution in [2.24, 2.45) is 0 Å². The highest BCUT2D eigenvalue weighted by Gasteiger charge is 2.19. The van der Waals surface area contributed by atoms with Gasteiger partial charge in [0.15, 0.2) is 0 Å². The first kappa shape index (κ1) is 11.1. The Morgan fingerprint density at radius 2 is 2.29 bits per heavy atom. The van der Waals surface area contributed by atoms with E-state index in [1.807, 2.05) is 6.07 Å². The summed E-state index contributed by atoms with van der Waals surface area (Å²) < 4.78 is 25.2. The summed E-state index contributed by atoms with van der Waals surface area (Å²) >= 11 is 3.09. The first-order valence-corrected chi connectivity index (χ1v) is 4.96. The van der Waals surface area contributed by atoms with Crippen molar-refractivity contribution in [2.75, 3.05) is 0 Å². The Morgan fingerprint density at radius 3 is 2.71 bits per heavy atom. The van der Waals surface area contributed by atoms with E-state index in [0.29, 0.717) is 5.56 Å². The average molecular weight is 261 g/mol. The molecule has 2 nitrogen and oxygen atoms in total. The second kappa shape index (κ2) is 4.47. The predicted molar refractivity (Wildman–Crippen MR) is 51.3 cm³/mol. The Morgan fingerprint density at radius 1 is 1.64 bits per heavy atom. The highest BCUT2D eigenvalue weighted by Crippen LogP contribution is 2.28. The number of nitrogens with zero attached hydrogens (tertiary/aromatic N) is 2. The lowest BCUT2D eigenvalue weighted by Gasteiger charge is -2.10. The van der Waals surface area contributed by atoms with Crippen LogP contribution in [0, 0.1) is 18.3 Å². The molecule has 0 atom stereocenters. The monoisotopic (exact) mass is 260 g/mol. The number of pyridine rings is 1. The van der Waals surface area contributed by atoms with Crippen LogP contribution in [0.15, 0.2) is 6.20 Å². The van der Waals surface area contributed by atoms with E-state index < -0.39 is 6.43 Å². The van der Waals surface area contributed by atoms with Crippen molar-refractivity contribution in [3.8, 4) is 6.07 Å². The van der Waals surface area contributed by atoms with E-state index in [-0.39, 0.29) is 22.2 Å². The van der Waals surface area contributed by atoms with E-state index in [9.17, 15) is 8.78 Å². The second-order valence-electron chi connectivity index (χ2n) is 2.70. The Hall–Kier alpha value is -1.02. The van der Waals surface area contributed by atoms with Crippen LogP contribution in [0.4, 0.5) is 8.78 Å². The normalized spacial score (nSPS) is 10.3. The molecule has 14 heavy (non-hydrogen) atoms. The van der Waals surface area contributed by atoms with Gasteiger partial charge in [0.2, 0.25) is 0 Å². The van der Waals surface area contributed by atoms with E-state index in [0.717, 1.165) is 0 Å². The van der Waals surface area contributed by atoms with E-state index in [1.54, 1.807) is 0 Å². The summed E-state index contributed by atoms with van der Waals surface area (Å²) in [6.07, 6.45) is -1.28. The molecule has 74 valence electrons. The SMILES string of the molecule is Cc1ncc(C#N)c(CBr)c1C(F)F. The van der Waals surface area contributed by atoms with Gasteiger partial charge in [0.1, 0.15) is 6.07 Å². The van der Waals surface area contributed by atoms with Crippen LogP contribution in [0.25, 0.3) is 0 Å². The molecule has 1 aromatic rings. The van der Waals surface area contributed by atoms with Gasteiger partial charge in [-0.05, 0) is 12.5 Å². The molecule has 1 heterocycles. The average Bonchev–Trinajstić information content (AvgIpc) is 2.16. The fraction of sp³-hybridized carbons (Fsp3) is 0.333. The van der Waals surface area contributed by atoms with Crippen molar-refractivity contribution in [2.45, 2.75) is 18.7 Å². The molecular weight excluding hydrogens is 254 g/mol. The predicted octanol–water partition coefficient (Wildman–Crippen LogP) is 3.09. The minimum Gasteiger partial charge on any atom is -0.260 e. The summed E-state index contributed by atoms with van der Waals surface area (Å²) in [5.41, 5.74) is 0.659. The maximum atomic E-state index is 12.6. The van der Waals surface area contributed by atoms with E-state index >= 15 is 0 Å². The lowest BCUT2D eigenvalue weighted by atomic mass is 10.0. The van der Waals surface area contributed by atoms with Crippen LogP contribution in [0.2, 0.25) is 0 Å². The van der Waals surface area contributed by atoms with E-state index in [2.05, 4.69) is 20.9 Å². The molecule has 0 aliphatic rings. The lowest BCUT2D eigenvalue weighted by Crippen LogP contribution is -2.02. The van der Waals surface area contributed by atoms with Gasteiger partial charge in [0.25, 0.3) is 6.43 Å². The largest absolute Gasteiger partial charge is 0.265 e. The number of rotatable bonds is 2. The Bertz CT molecular complexity index is 385. The van der Waals surface area contributed by atoms with Crippen LogP contribution in [-0.4, -0.2) is 4.98 Å². The molecule has 0 amide bonds. The van der Waals surface area contributed by atoms with Gasteiger partial charge in [-0.2, -0.15) is 5.26 Å². The fourth-order valence-electron chi connectivity index (χ4n) is 1.20. The van der Waals surface area contributed by atoms with Gasteiger partial charge in [-0.1, -0.05) is 15.9 Å². The highest BCUT2D eigenvalue weighted by atomic mass is 79.9. The molecular formula is C9H7BrF2N2. The highest BCUT2D eigenvalue weighted by molar-refractivity contribution is 9.08. The van der Waals surface area contributed by atoms with Crippen LogP contribution in [-0.2, 0) is 5.33 Å². The summed E-state index contributed by atoms with van der Waals surface area (Å²) in [6.45, 7) is 1.51. The minimum atomic E-state index is -2.59. The van der Waals surface area contributed by atoms with E-state index in [4.69, 9.17) is 5.26 Å². The summed E-state index contributed by atoms with van der Waals surface area (Å²) in [6, 6.07) is 1.84. The molecule has 0 aliphatic heterocycles. The summed E-state index contributed by atoms with van der Waals surface area (Å²) in [4.78, 5) is 3.76. The molecule has 1 rings (SSSR count). The number of hydrogen-bond acceptors (Lipinski definition) is 2. The number of aromatic nitrogens is 1. The molecule has 0 N–H and O–H groups in total. The van der Waals surface area contributed by atoms with Crippen molar-refractivity contribution in [1.82, 2.24) is 4.98 Å². The molecule has 0 unspecified atom stereocenters. The molecule has 0 spiro atoms. The van der Waals surface area contributed by atoms with Crippen LogP contribution < -0.4 is 0 Å². The number of hydrogen-bond donors (Lipinski definition) is 0. The van der Waals surface area contributed by atoms with Crippen LogP contribution in [0.1, 0.15) is 28.8 Å². The van der Waals surface area contributed by atoms with Crippen LogP contribution in [0.5, 0.6) is 0 Å². The zero-order valence-electron chi connectivity index (χ0n) is 7.39. The molecule has 0 radical (unpaired) electrons. The van der Waals surface area contributed by atoms with Gasteiger partial charge in [0.05, 0.1) is 5.56 Å². The summed E-state index contributed by atoms with van der Waals surface area (Å²) in [5, 5.41) is 8.93. The molecule has 0 fully saturated rings. The van der Waals surface area contributed by atoms with Gasteiger partial charge < -0.3 is 0 Å². The van der Waals surface area contributed by atoms with Crippen molar-refractivity contribution in [3.05, 3.63) is 28.6 Å². The number of alkyl halides is 3. The third-order valence-electron chi connectivity index (χ3n) is 1.90. The fourth-order valence-corrected chi connectivity index (χ4v) is 1.81. The first-order valence-electron chi connectivity index (χ1n) is 3.84.